The quantitative estimate of drug-likeness (QED) is 0.167. The summed E-state index contributed by atoms with van der Waals surface area (Å²) in [6.45, 7) is 7.03. The van der Waals surface area contributed by atoms with Gasteiger partial charge in [0, 0.05) is 18.2 Å². The van der Waals surface area contributed by atoms with E-state index in [1.54, 1.807) is 30.3 Å². The van der Waals surface area contributed by atoms with Gasteiger partial charge in [0.05, 0.1) is 27.0 Å². The van der Waals surface area contributed by atoms with Crippen molar-refractivity contribution in [3.63, 3.8) is 0 Å². The molecule has 1 heterocycles. The van der Waals surface area contributed by atoms with Crippen molar-refractivity contribution in [1.82, 2.24) is 9.80 Å². The van der Waals surface area contributed by atoms with E-state index in [1.165, 1.54) is 24.8 Å². The number of amides is 2. The Morgan fingerprint density at radius 2 is 1.61 bits per heavy atom. The highest BCUT2D eigenvalue weighted by atomic mass is 16.5. The zero-order valence-corrected chi connectivity index (χ0v) is 25.4. The minimum atomic E-state index is -0.122. The largest absolute Gasteiger partial charge is 0.493 e. The van der Waals surface area contributed by atoms with Gasteiger partial charge in [0.2, 0.25) is 5.91 Å². The molecular formula is C34H46N2O5. The highest BCUT2D eigenvalue weighted by Gasteiger charge is 2.26. The van der Waals surface area contributed by atoms with Gasteiger partial charge in [0.25, 0.3) is 5.91 Å². The lowest BCUT2D eigenvalue weighted by atomic mass is 10.0. The number of rotatable bonds is 17. The zero-order chi connectivity index (χ0) is 29.6. The maximum Gasteiger partial charge on any atom is 0.254 e. The maximum atomic E-state index is 13.8. The number of furan rings is 1. The molecule has 41 heavy (non-hydrogen) atoms. The van der Waals surface area contributed by atoms with Crippen LogP contribution in [0, 0.1) is 0 Å². The number of nitrogens with zero attached hydrogens (tertiary/aromatic N) is 2. The molecule has 0 bridgehead atoms. The number of aryl methyl sites for hydroxylation is 1. The predicted octanol–water partition coefficient (Wildman–Crippen LogP) is 6.93. The Morgan fingerprint density at radius 1 is 0.878 bits per heavy atom. The summed E-state index contributed by atoms with van der Waals surface area (Å²) < 4.78 is 16.4. The third-order valence-corrected chi connectivity index (χ3v) is 7.61. The molecule has 1 atom stereocenters. The first-order valence-corrected chi connectivity index (χ1v) is 14.8. The average Bonchev–Trinajstić information content (AvgIpc) is 3.52. The molecule has 1 aromatic heterocycles. The Morgan fingerprint density at radius 3 is 2.24 bits per heavy atom. The first-order valence-electron chi connectivity index (χ1n) is 14.8. The lowest BCUT2D eigenvalue weighted by Crippen LogP contribution is -2.46. The Balaban J connectivity index is 1.73. The van der Waals surface area contributed by atoms with Crippen LogP contribution in [-0.4, -0.2) is 55.0 Å². The number of unbranched alkanes of at least 4 members (excludes halogenated alkanes) is 3. The fourth-order valence-electron chi connectivity index (χ4n) is 4.81. The van der Waals surface area contributed by atoms with Crippen molar-refractivity contribution < 1.29 is 23.5 Å². The summed E-state index contributed by atoms with van der Waals surface area (Å²) in [5.74, 6) is 1.76. The van der Waals surface area contributed by atoms with Crippen LogP contribution in [0.15, 0.2) is 65.3 Å². The van der Waals surface area contributed by atoms with E-state index in [4.69, 9.17) is 13.9 Å². The Bertz CT molecular complexity index is 1210. The molecule has 0 aliphatic carbocycles. The third-order valence-electron chi connectivity index (χ3n) is 7.61. The molecule has 0 radical (unpaired) electrons. The van der Waals surface area contributed by atoms with Crippen LogP contribution >= 0.6 is 0 Å². The average molecular weight is 563 g/mol. The number of carbonyl (C=O) groups is 2. The van der Waals surface area contributed by atoms with Gasteiger partial charge in [-0.05, 0) is 80.1 Å². The standard InChI is InChI=1S/C34H46N2O5/c1-6-8-9-10-12-27-14-17-29(18-15-27)34(38)36(26(3)7-2)25-33(37)35(24-30-13-11-22-41-30)21-20-28-16-19-31(39-4)32(23-28)40-5/h11,13-19,22-23,26H,6-10,12,20-21,24-25H2,1-5H3. The second-order valence-electron chi connectivity index (χ2n) is 10.5. The Hall–Kier alpha value is -3.74. The number of carbonyl (C=O) groups excluding carboxylic acids is 2. The van der Waals surface area contributed by atoms with Gasteiger partial charge < -0.3 is 23.7 Å². The van der Waals surface area contributed by atoms with Crippen molar-refractivity contribution in [3.8, 4) is 11.5 Å². The molecule has 0 aliphatic heterocycles. The summed E-state index contributed by atoms with van der Waals surface area (Å²) in [7, 11) is 3.21. The van der Waals surface area contributed by atoms with Crippen molar-refractivity contribution in [3.05, 3.63) is 83.3 Å². The maximum absolute atomic E-state index is 13.8. The fraction of sp³-hybridized carbons (Fsp3) is 0.471. The van der Waals surface area contributed by atoms with Crippen LogP contribution in [0.2, 0.25) is 0 Å². The van der Waals surface area contributed by atoms with Crippen LogP contribution in [0.25, 0.3) is 0 Å². The summed E-state index contributed by atoms with van der Waals surface area (Å²) in [4.78, 5) is 30.9. The monoisotopic (exact) mass is 562 g/mol. The molecule has 0 N–H and O–H groups in total. The van der Waals surface area contributed by atoms with Gasteiger partial charge in [-0.1, -0.05) is 51.3 Å². The molecule has 0 fully saturated rings. The number of hydrogen-bond acceptors (Lipinski definition) is 5. The fourth-order valence-corrected chi connectivity index (χ4v) is 4.81. The van der Waals surface area contributed by atoms with E-state index in [2.05, 4.69) is 6.92 Å². The van der Waals surface area contributed by atoms with E-state index in [0.717, 1.165) is 24.8 Å². The van der Waals surface area contributed by atoms with Crippen LogP contribution in [0.1, 0.15) is 80.1 Å². The molecule has 2 amide bonds. The van der Waals surface area contributed by atoms with Crippen molar-refractivity contribution in [1.29, 1.82) is 0 Å². The van der Waals surface area contributed by atoms with E-state index >= 15 is 0 Å². The smallest absolute Gasteiger partial charge is 0.254 e. The van der Waals surface area contributed by atoms with Crippen LogP contribution in [0.4, 0.5) is 0 Å². The van der Waals surface area contributed by atoms with Gasteiger partial charge in [-0.15, -0.1) is 0 Å². The molecule has 0 saturated heterocycles. The van der Waals surface area contributed by atoms with E-state index in [1.807, 2.05) is 68.4 Å². The summed E-state index contributed by atoms with van der Waals surface area (Å²) in [5.41, 5.74) is 2.87. The highest BCUT2D eigenvalue weighted by Crippen LogP contribution is 2.28. The zero-order valence-electron chi connectivity index (χ0n) is 25.4. The topological polar surface area (TPSA) is 72.2 Å². The molecule has 7 heteroatoms. The SMILES string of the molecule is CCCCCCc1ccc(C(=O)N(CC(=O)N(CCc2ccc(OC)c(OC)c2)Cc2ccco2)C(C)CC)cc1. The Kier molecular flexibility index (Phi) is 12.8. The van der Waals surface area contributed by atoms with Gasteiger partial charge in [-0.25, -0.2) is 0 Å². The van der Waals surface area contributed by atoms with Crippen molar-refractivity contribution in [2.24, 2.45) is 0 Å². The molecule has 7 nitrogen and oxygen atoms in total. The van der Waals surface area contributed by atoms with Gasteiger partial charge in [0.1, 0.15) is 12.3 Å². The van der Waals surface area contributed by atoms with Crippen molar-refractivity contribution in [2.75, 3.05) is 27.3 Å². The molecule has 222 valence electrons. The minimum Gasteiger partial charge on any atom is -0.493 e. The first kappa shape index (κ1) is 31.8. The number of ether oxygens (including phenoxy) is 2. The van der Waals surface area contributed by atoms with Crippen molar-refractivity contribution >= 4 is 11.8 Å². The summed E-state index contributed by atoms with van der Waals surface area (Å²) in [5, 5.41) is 0. The number of benzene rings is 2. The van der Waals surface area contributed by atoms with E-state index in [-0.39, 0.29) is 24.4 Å². The van der Waals surface area contributed by atoms with E-state index < -0.39 is 0 Å². The van der Waals surface area contributed by atoms with Crippen LogP contribution in [-0.2, 0) is 24.2 Å². The lowest BCUT2D eigenvalue weighted by molar-refractivity contribution is -0.133. The van der Waals surface area contributed by atoms with Crippen molar-refractivity contribution in [2.45, 2.75) is 78.3 Å². The van der Waals surface area contributed by atoms with Crippen LogP contribution in [0.3, 0.4) is 0 Å². The van der Waals surface area contributed by atoms with Crippen LogP contribution < -0.4 is 9.47 Å². The minimum absolute atomic E-state index is 0.000743. The summed E-state index contributed by atoms with van der Waals surface area (Å²) >= 11 is 0. The first-order chi connectivity index (χ1) is 19.9. The van der Waals surface area contributed by atoms with Gasteiger partial charge in [-0.3, -0.25) is 9.59 Å². The molecule has 0 spiro atoms. The van der Waals surface area contributed by atoms with E-state index in [9.17, 15) is 9.59 Å². The molecule has 3 rings (SSSR count). The van der Waals surface area contributed by atoms with Gasteiger partial charge >= 0.3 is 0 Å². The number of hydrogen-bond donors (Lipinski definition) is 0. The highest BCUT2D eigenvalue weighted by molar-refractivity contribution is 5.96. The molecule has 2 aromatic carbocycles. The molecule has 1 unspecified atom stereocenters. The predicted molar refractivity (Wildman–Crippen MR) is 162 cm³/mol. The number of methoxy groups -OCH3 is 2. The van der Waals surface area contributed by atoms with Crippen LogP contribution in [0.5, 0.6) is 11.5 Å². The molecule has 0 saturated carbocycles. The third kappa shape index (κ3) is 9.41. The summed E-state index contributed by atoms with van der Waals surface area (Å²) in [6, 6.07) is 17.2. The van der Waals surface area contributed by atoms with E-state index in [0.29, 0.717) is 42.3 Å². The molecule has 3 aromatic rings. The Labute approximate surface area is 245 Å². The van der Waals surface area contributed by atoms with Gasteiger partial charge in [-0.2, -0.15) is 0 Å². The van der Waals surface area contributed by atoms with Gasteiger partial charge in [0.15, 0.2) is 11.5 Å². The molecule has 0 aliphatic rings. The lowest BCUT2D eigenvalue weighted by Gasteiger charge is -2.31. The summed E-state index contributed by atoms with van der Waals surface area (Å²) in [6.07, 6.45) is 8.83. The normalized spacial score (nSPS) is 11.6. The second-order valence-corrected chi connectivity index (χ2v) is 10.5. The second kappa shape index (κ2) is 16.5. The molecular weight excluding hydrogens is 516 g/mol.